The van der Waals surface area contributed by atoms with Gasteiger partial charge < -0.3 is 30.9 Å². The number of rotatable bonds is 12. The van der Waals surface area contributed by atoms with E-state index in [1.807, 2.05) is 67.3 Å². The lowest BCUT2D eigenvalue weighted by atomic mass is 9.89. The van der Waals surface area contributed by atoms with E-state index in [4.69, 9.17) is 9.90 Å². The number of amides is 4. The lowest BCUT2D eigenvalue weighted by molar-refractivity contribution is -0.136. The van der Waals surface area contributed by atoms with Crippen LogP contribution in [0.1, 0.15) is 115 Å². The highest BCUT2D eigenvalue weighted by atomic mass is 19.1. The number of likely N-dealkylation sites (tertiary alicyclic amines) is 2. The molecular formula is C55H65FN8O7. The van der Waals surface area contributed by atoms with Crippen molar-refractivity contribution in [1.82, 2.24) is 34.9 Å². The molecular weight excluding hydrogens is 904 g/mol. The number of carbonyl (C=O) groups is 5. The Hall–Kier alpha value is -6.83. The van der Waals surface area contributed by atoms with E-state index in [9.17, 15) is 28.4 Å². The van der Waals surface area contributed by atoms with Crippen LogP contribution in [0.15, 0.2) is 77.6 Å². The Morgan fingerprint density at radius 2 is 1.65 bits per heavy atom. The maximum atomic E-state index is 14.3. The number of alkyl halides is 1. The average Bonchev–Trinajstić information content (AvgIpc) is 3.89. The standard InChI is InChI=1S/C54H63FN8O5.CH2O2/c1-34-11-16-40(58-46-33-56-32-45(46)55)31-44(34)52(66)57-35(2)41-17-14-38(42-8-4-5-9-43(41)42)13-12-36-21-26-61(27-22-36)25-7-6-10-51(65)62-28-23-37(24-29-62)39-15-18-47-49(30-39)60(3)54(68)63(47)48-19-20-50(64)59-53(48)67;2-1-3/h4-5,8-9,11,14-18,30-31,35-37,45-46,48,56,58H,6-7,10,19-29,32-33H2,1-3H3,(H,57,66)(H,59,64,67);1H,(H,2,3)/t35-,45+,46+,48?;/m1./s1. The van der Waals surface area contributed by atoms with Crippen LogP contribution >= 0.6 is 0 Å². The maximum absolute atomic E-state index is 14.3. The van der Waals surface area contributed by atoms with Crippen molar-refractivity contribution in [2.75, 3.05) is 51.1 Å². The third-order valence-electron chi connectivity index (χ3n) is 14.8. The lowest BCUT2D eigenvalue weighted by Gasteiger charge is -2.32. The summed E-state index contributed by atoms with van der Waals surface area (Å²) < 4.78 is 17.4. The summed E-state index contributed by atoms with van der Waals surface area (Å²) in [6, 6.07) is 22.7. The molecule has 0 radical (unpaired) electrons. The number of fused-ring (bicyclic) bond motifs is 2. The summed E-state index contributed by atoms with van der Waals surface area (Å²) in [5.41, 5.74) is 6.46. The van der Waals surface area contributed by atoms with Crippen molar-refractivity contribution in [2.24, 2.45) is 13.0 Å². The van der Waals surface area contributed by atoms with E-state index in [1.165, 1.54) is 4.57 Å². The Morgan fingerprint density at radius 3 is 2.37 bits per heavy atom. The topological polar surface area (TPSA) is 187 Å². The molecule has 1 aromatic heterocycles. The second-order valence-electron chi connectivity index (χ2n) is 19.4. The molecule has 5 N–H and O–H groups in total. The molecule has 4 atom stereocenters. The minimum atomic E-state index is -0.977. The van der Waals surface area contributed by atoms with Gasteiger partial charge in [-0.25, -0.2) is 9.18 Å². The molecule has 374 valence electrons. The van der Waals surface area contributed by atoms with Crippen molar-refractivity contribution >= 4 is 57.6 Å². The highest BCUT2D eigenvalue weighted by Crippen LogP contribution is 2.33. The second kappa shape index (κ2) is 22.9. The van der Waals surface area contributed by atoms with Gasteiger partial charge in [0.25, 0.3) is 12.4 Å². The van der Waals surface area contributed by atoms with Crippen LogP contribution in [-0.4, -0.2) is 112 Å². The number of carbonyl (C=O) groups excluding carboxylic acids is 4. The summed E-state index contributed by atoms with van der Waals surface area (Å²) in [7, 11) is 1.72. The fourth-order valence-electron chi connectivity index (χ4n) is 10.7. The quantitative estimate of drug-likeness (QED) is 0.0410. The molecule has 5 aromatic rings. The third kappa shape index (κ3) is 11.7. The van der Waals surface area contributed by atoms with Crippen LogP contribution in [0, 0.1) is 24.7 Å². The summed E-state index contributed by atoms with van der Waals surface area (Å²) in [4.78, 5) is 77.3. The van der Waals surface area contributed by atoms with Crippen LogP contribution in [0.25, 0.3) is 21.8 Å². The molecule has 16 heteroatoms. The van der Waals surface area contributed by atoms with Gasteiger partial charge in [0, 0.05) is 68.8 Å². The van der Waals surface area contributed by atoms with Gasteiger partial charge in [0.1, 0.15) is 12.2 Å². The number of aromatic nitrogens is 2. The van der Waals surface area contributed by atoms with Gasteiger partial charge in [-0.1, -0.05) is 54.3 Å². The Balaban J connectivity index is 0.00000220. The number of piperidine rings is 3. The Labute approximate surface area is 413 Å². The molecule has 1 unspecified atom stereocenters. The molecule has 5 heterocycles. The molecule has 4 saturated heterocycles. The first kappa shape index (κ1) is 50.6. The third-order valence-corrected chi connectivity index (χ3v) is 14.8. The summed E-state index contributed by atoms with van der Waals surface area (Å²) >= 11 is 0. The minimum absolute atomic E-state index is 0.173. The van der Waals surface area contributed by atoms with Crippen molar-refractivity contribution < 1.29 is 33.5 Å². The van der Waals surface area contributed by atoms with Crippen molar-refractivity contribution in [3.63, 3.8) is 0 Å². The summed E-state index contributed by atoms with van der Waals surface area (Å²) in [6.07, 6.45) is 5.67. The van der Waals surface area contributed by atoms with Gasteiger partial charge in [-0.2, -0.15) is 0 Å². The van der Waals surface area contributed by atoms with Crippen LogP contribution < -0.4 is 27.0 Å². The maximum Gasteiger partial charge on any atom is 0.329 e. The van der Waals surface area contributed by atoms with E-state index in [0.717, 1.165) is 102 Å². The first-order valence-corrected chi connectivity index (χ1v) is 25.0. The molecule has 4 fully saturated rings. The fourth-order valence-corrected chi connectivity index (χ4v) is 10.7. The van der Waals surface area contributed by atoms with E-state index >= 15 is 0 Å². The monoisotopic (exact) mass is 968 g/mol. The number of aryl methyl sites for hydroxylation is 2. The Kier molecular flexibility index (Phi) is 16.3. The van der Waals surface area contributed by atoms with Crippen LogP contribution in [0.3, 0.4) is 0 Å². The number of hydrogen-bond donors (Lipinski definition) is 5. The summed E-state index contributed by atoms with van der Waals surface area (Å²) in [6.45, 7) is 8.92. The van der Waals surface area contributed by atoms with Gasteiger partial charge in [0.15, 0.2) is 0 Å². The van der Waals surface area contributed by atoms with Crippen molar-refractivity contribution in [1.29, 1.82) is 0 Å². The van der Waals surface area contributed by atoms with Gasteiger partial charge in [0.05, 0.1) is 23.1 Å². The number of hydrogen-bond acceptors (Lipinski definition) is 9. The molecule has 4 aromatic carbocycles. The normalized spacial score (nSPS) is 20.4. The van der Waals surface area contributed by atoms with Crippen LogP contribution in [0.5, 0.6) is 0 Å². The van der Waals surface area contributed by atoms with E-state index in [-0.39, 0.29) is 54.3 Å². The predicted octanol–water partition coefficient (Wildman–Crippen LogP) is 6.33. The molecule has 0 saturated carbocycles. The molecule has 71 heavy (non-hydrogen) atoms. The number of imide groups is 1. The molecule has 4 amide bonds. The molecule has 0 aliphatic carbocycles. The van der Waals surface area contributed by atoms with E-state index in [1.54, 1.807) is 11.6 Å². The van der Waals surface area contributed by atoms with E-state index in [2.05, 4.69) is 62.3 Å². The largest absolute Gasteiger partial charge is 0.483 e. The molecule has 4 aliphatic rings. The van der Waals surface area contributed by atoms with Crippen molar-refractivity contribution in [2.45, 2.75) is 102 Å². The zero-order valence-electron chi connectivity index (χ0n) is 40.8. The first-order valence-electron chi connectivity index (χ1n) is 25.0. The SMILES string of the molecule is Cc1ccc(N[C@H]2CNC[C@@H]2F)cc1C(=O)N[C@H](C)c1ccc(C#CC2CCN(CCCCC(=O)N3CCC(c4ccc5c(c4)n(C)c(=O)n5C4CCC(=O)NC4=O)CC3)CC2)c2ccccc12.O=CO. The number of nitrogens with one attached hydrogen (secondary N) is 4. The van der Waals surface area contributed by atoms with Gasteiger partial charge in [-0.05, 0) is 142 Å². The smallest absolute Gasteiger partial charge is 0.329 e. The number of carboxylic acid groups (broad SMARTS) is 1. The summed E-state index contributed by atoms with van der Waals surface area (Å²) in [5, 5.41) is 20.9. The number of imidazole rings is 1. The van der Waals surface area contributed by atoms with Crippen molar-refractivity contribution in [3.8, 4) is 11.8 Å². The van der Waals surface area contributed by atoms with Crippen LogP contribution in [0.4, 0.5) is 10.1 Å². The van der Waals surface area contributed by atoms with Crippen molar-refractivity contribution in [3.05, 3.63) is 111 Å². The Bertz CT molecular complexity index is 2900. The predicted molar refractivity (Wildman–Crippen MR) is 272 cm³/mol. The number of nitrogens with zero attached hydrogens (tertiary/aromatic N) is 4. The molecule has 0 spiro atoms. The summed E-state index contributed by atoms with van der Waals surface area (Å²) in [5.74, 6) is 6.99. The highest BCUT2D eigenvalue weighted by molar-refractivity contribution is 6.00. The molecule has 9 rings (SSSR count). The van der Waals surface area contributed by atoms with Gasteiger partial charge in [0.2, 0.25) is 17.7 Å². The van der Waals surface area contributed by atoms with Gasteiger partial charge in [-0.3, -0.25) is 38.4 Å². The van der Waals surface area contributed by atoms with E-state index in [0.29, 0.717) is 56.0 Å². The van der Waals surface area contributed by atoms with E-state index < -0.39 is 18.1 Å². The Morgan fingerprint density at radius 1 is 0.901 bits per heavy atom. The number of benzene rings is 4. The van der Waals surface area contributed by atoms with Gasteiger partial charge >= 0.3 is 5.69 Å². The van der Waals surface area contributed by atoms with Crippen LogP contribution in [0.2, 0.25) is 0 Å². The number of unbranched alkanes of at least 4 members (excludes halogenated alkanes) is 1. The first-order chi connectivity index (χ1) is 34.3. The molecule has 0 bridgehead atoms. The van der Waals surface area contributed by atoms with Gasteiger partial charge in [-0.15, -0.1) is 0 Å². The molecule has 4 aliphatic heterocycles. The number of halogens is 1. The molecule has 15 nitrogen and oxygen atoms in total. The van der Waals surface area contributed by atoms with Crippen LogP contribution in [-0.2, 0) is 26.2 Å². The zero-order chi connectivity index (χ0) is 50.2. The fraction of sp³-hybridized carbons (Fsp3) is 0.455. The second-order valence-corrected chi connectivity index (χ2v) is 19.4. The number of anilines is 1. The average molecular weight is 969 g/mol. The highest BCUT2D eigenvalue weighted by Gasteiger charge is 2.32. The minimum Gasteiger partial charge on any atom is -0.483 e. The lowest BCUT2D eigenvalue weighted by Crippen LogP contribution is -2.44. The zero-order valence-corrected chi connectivity index (χ0v) is 40.8.